The topological polar surface area (TPSA) is 62.8 Å². The second-order valence-corrected chi connectivity index (χ2v) is 6.98. The molecular weight excluding hydrogens is 291 g/mol. The van der Waals surface area contributed by atoms with Gasteiger partial charge in [-0.15, -0.1) is 0 Å². The van der Waals surface area contributed by atoms with Crippen LogP contribution in [0, 0.1) is 12.7 Å². The van der Waals surface area contributed by atoms with Gasteiger partial charge in [-0.2, -0.15) is 0 Å². The maximum atomic E-state index is 14.2. The van der Waals surface area contributed by atoms with Gasteiger partial charge in [0.1, 0.15) is 11.5 Å². The van der Waals surface area contributed by atoms with Crippen LogP contribution in [0.25, 0.3) is 22.2 Å². The molecule has 0 saturated heterocycles. The molecule has 0 aliphatic rings. The van der Waals surface area contributed by atoms with Gasteiger partial charge in [-0.1, -0.05) is 0 Å². The summed E-state index contributed by atoms with van der Waals surface area (Å²) in [4.78, 5) is 7.40. The van der Waals surface area contributed by atoms with E-state index in [1.807, 2.05) is 6.92 Å². The van der Waals surface area contributed by atoms with Crippen LogP contribution in [0.2, 0.25) is 0 Å². The molecule has 0 radical (unpaired) electrons. The molecule has 0 fully saturated rings. The molecule has 0 saturated carbocycles. The molecule has 108 valence electrons. The number of aromatic nitrogens is 2. The number of pyridine rings is 1. The highest BCUT2D eigenvalue weighted by Gasteiger charge is 2.15. The summed E-state index contributed by atoms with van der Waals surface area (Å²) in [6, 6.07) is 7.37. The number of hydrogen-bond donors (Lipinski definition) is 1. The zero-order chi connectivity index (χ0) is 15.2. The SMILES string of the molecule is Cc1cc(-c2cc(S(C)(=O)=O)ccc2F)c2cc[nH]c2n1. The van der Waals surface area contributed by atoms with Crippen LogP contribution < -0.4 is 0 Å². The number of benzene rings is 1. The molecule has 1 N–H and O–H groups in total. The molecule has 0 spiro atoms. The number of sulfone groups is 1. The van der Waals surface area contributed by atoms with Gasteiger partial charge >= 0.3 is 0 Å². The second-order valence-electron chi connectivity index (χ2n) is 4.96. The highest BCUT2D eigenvalue weighted by Crippen LogP contribution is 2.31. The third-order valence-corrected chi connectivity index (χ3v) is 4.42. The first kappa shape index (κ1) is 13.8. The Morgan fingerprint density at radius 1 is 1.14 bits per heavy atom. The van der Waals surface area contributed by atoms with Crippen LogP contribution in [-0.4, -0.2) is 24.6 Å². The van der Waals surface area contributed by atoms with Crippen molar-refractivity contribution in [3.8, 4) is 11.1 Å². The van der Waals surface area contributed by atoms with Crippen molar-refractivity contribution in [3.63, 3.8) is 0 Å². The molecule has 2 aromatic heterocycles. The van der Waals surface area contributed by atoms with E-state index < -0.39 is 15.7 Å². The van der Waals surface area contributed by atoms with E-state index in [0.717, 1.165) is 17.3 Å². The molecule has 3 rings (SSSR count). The lowest BCUT2D eigenvalue weighted by Gasteiger charge is -2.08. The fraction of sp³-hybridized carbons (Fsp3) is 0.133. The minimum Gasteiger partial charge on any atom is -0.346 e. The summed E-state index contributed by atoms with van der Waals surface area (Å²) in [5.41, 5.74) is 2.26. The maximum Gasteiger partial charge on any atom is 0.175 e. The standard InChI is InChI=1S/C15H13FN2O2S/c1-9-7-12(11-5-6-17-15(11)18-9)13-8-10(21(2,19)20)3-4-14(13)16/h3-8H,1-2H3,(H,17,18). The van der Waals surface area contributed by atoms with Crippen LogP contribution in [0.15, 0.2) is 41.4 Å². The van der Waals surface area contributed by atoms with E-state index in [9.17, 15) is 12.8 Å². The van der Waals surface area contributed by atoms with Crippen LogP contribution in [0.1, 0.15) is 5.69 Å². The van der Waals surface area contributed by atoms with Crippen molar-refractivity contribution in [3.05, 3.63) is 48.0 Å². The summed E-state index contributed by atoms with van der Waals surface area (Å²) in [6.07, 6.45) is 2.83. The van der Waals surface area contributed by atoms with Crippen molar-refractivity contribution in [2.45, 2.75) is 11.8 Å². The third-order valence-electron chi connectivity index (χ3n) is 3.31. The van der Waals surface area contributed by atoms with Gasteiger partial charge in [0.15, 0.2) is 9.84 Å². The fourth-order valence-electron chi connectivity index (χ4n) is 2.33. The van der Waals surface area contributed by atoms with Crippen LogP contribution in [0.3, 0.4) is 0 Å². The van der Waals surface area contributed by atoms with Gasteiger partial charge < -0.3 is 4.98 Å². The summed E-state index contributed by atoms with van der Waals surface area (Å²) in [5, 5.41) is 0.755. The Morgan fingerprint density at radius 2 is 1.90 bits per heavy atom. The highest BCUT2D eigenvalue weighted by atomic mass is 32.2. The number of H-pyrrole nitrogens is 1. The van der Waals surface area contributed by atoms with Crippen molar-refractivity contribution < 1.29 is 12.8 Å². The van der Waals surface area contributed by atoms with Crippen LogP contribution in [0.4, 0.5) is 4.39 Å². The van der Waals surface area contributed by atoms with E-state index in [1.54, 1.807) is 18.3 Å². The molecule has 6 heteroatoms. The van der Waals surface area contributed by atoms with Crippen molar-refractivity contribution in [1.82, 2.24) is 9.97 Å². The molecule has 0 atom stereocenters. The summed E-state index contributed by atoms with van der Waals surface area (Å²) in [6.45, 7) is 1.81. The Morgan fingerprint density at radius 3 is 2.62 bits per heavy atom. The Kier molecular flexibility index (Phi) is 3.06. The number of fused-ring (bicyclic) bond motifs is 1. The normalized spacial score (nSPS) is 12.0. The molecule has 1 aromatic carbocycles. The zero-order valence-electron chi connectivity index (χ0n) is 11.5. The van der Waals surface area contributed by atoms with E-state index in [4.69, 9.17) is 0 Å². The lowest BCUT2D eigenvalue weighted by atomic mass is 10.0. The Hall–Kier alpha value is -2.21. The average molecular weight is 304 g/mol. The number of halogens is 1. The molecule has 3 aromatic rings. The number of nitrogens with zero attached hydrogens (tertiary/aromatic N) is 1. The van der Waals surface area contributed by atoms with E-state index in [2.05, 4.69) is 9.97 Å². The van der Waals surface area contributed by atoms with E-state index in [0.29, 0.717) is 11.2 Å². The summed E-state index contributed by atoms with van der Waals surface area (Å²) in [5.74, 6) is -0.462. The molecule has 21 heavy (non-hydrogen) atoms. The lowest BCUT2D eigenvalue weighted by Crippen LogP contribution is -1.99. The lowest BCUT2D eigenvalue weighted by molar-refractivity contribution is 0.600. The molecule has 0 amide bonds. The number of hydrogen-bond acceptors (Lipinski definition) is 3. The number of nitrogens with one attached hydrogen (secondary N) is 1. The monoisotopic (exact) mass is 304 g/mol. The Labute approximate surface area is 121 Å². The fourth-order valence-corrected chi connectivity index (χ4v) is 2.98. The minimum atomic E-state index is -3.39. The smallest absolute Gasteiger partial charge is 0.175 e. The summed E-state index contributed by atoms with van der Waals surface area (Å²) in [7, 11) is -3.39. The van der Waals surface area contributed by atoms with Crippen LogP contribution in [-0.2, 0) is 9.84 Å². The molecule has 0 bridgehead atoms. The predicted octanol–water partition coefficient (Wildman–Crippen LogP) is 3.08. The van der Waals surface area contributed by atoms with E-state index in [1.165, 1.54) is 18.2 Å². The number of aryl methyl sites for hydroxylation is 1. The van der Waals surface area contributed by atoms with Crippen molar-refractivity contribution in [2.75, 3.05) is 6.26 Å². The Bertz CT molecular complexity index is 945. The first-order valence-corrected chi connectivity index (χ1v) is 8.20. The quantitative estimate of drug-likeness (QED) is 0.740. The van der Waals surface area contributed by atoms with E-state index >= 15 is 0 Å². The molecule has 0 aliphatic heterocycles. The minimum absolute atomic E-state index is 0.0945. The first-order valence-electron chi connectivity index (χ1n) is 6.31. The van der Waals surface area contributed by atoms with Crippen molar-refractivity contribution in [2.24, 2.45) is 0 Å². The molecule has 0 aliphatic carbocycles. The highest BCUT2D eigenvalue weighted by molar-refractivity contribution is 7.90. The largest absolute Gasteiger partial charge is 0.346 e. The average Bonchev–Trinajstić information content (AvgIpc) is 2.85. The van der Waals surface area contributed by atoms with Gasteiger partial charge in [0, 0.05) is 29.1 Å². The molecule has 4 nitrogen and oxygen atoms in total. The zero-order valence-corrected chi connectivity index (χ0v) is 12.3. The van der Waals surface area contributed by atoms with Gasteiger partial charge in [0.05, 0.1) is 4.90 Å². The summed E-state index contributed by atoms with van der Waals surface area (Å²) < 4.78 is 37.5. The van der Waals surface area contributed by atoms with Crippen LogP contribution in [0.5, 0.6) is 0 Å². The number of aromatic amines is 1. The van der Waals surface area contributed by atoms with Crippen molar-refractivity contribution in [1.29, 1.82) is 0 Å². The van der Waals surface area contributed by atoms with Gasteiger partial charge in [0.25, 0.3) is 0 Å². The predicted molar refractivity (Wildman–Crippen MR) is 79.3 cm³/mol. The molecular formula is C15H13FN2O2S. The van der Waals surface area contributed by atoms with Crippen LogP contribution >= 0.6 is 0 Å². The van der Waals surface area contributed by atoms with Gasteiger partial charge in [-0.05, 0) is 42.8 Å². The Balaban J connectivity index is 2.35. The van der Waals surface area contributed by atoms with E-state index in [-0.39, 0.29) is 10.5 Å². The van der Waals surface area contributed by atoms with Crippen molar-refractivity contribution >= 4 is 20.9 Å². The molecule has 2 heterocycles. The molecule has 0 unspecified atom stereocenters. The van der Waals surface area contributed by atoms with Gasteiger partial charge in [-0.3, -0.25) is 0 Å². The maximum absolute atomic E-state index is 14.2. The van der Waals surface area contributed by atoms with Gasteiger partial charge in [0.2, 0.25) is 0 Å². The van der Waals surface area contributed by atoms with Gasteiger partial charge in [-0.25, -0.2) is 17.8 Å². The first-order chi connectivity index (χ1) is 9.86. The second kappa shape index (κ2) is 4.66. The summed E-state index contributed by atoms with van der Waals surface area (Å²) >= 11 is 0. The third kappa shape index (κ3) is 2.42. The number of rotatable bonds is 2.